The summed E-state index contributed by atoms with van der Waals surface area (Å²) in [6.07, 6.45) is 1.09. The van der Waals surface area contributed by atoms with Gasteiger partial charge in [-0.3, -0.25) is 0 Å². The fourth-order valence-corrected chi connectivity index (χ4v) is 2.17. The Morgan fingerprint density at radius 3 is 2.21 bits per heavy atom. The van der Waals surface area contributed by atoms with Crippen molar-refractivity contribution in [1.29, 1.82) is 0 Å². The third-order valence-corrected chi connectivity index (χ3v) is 3.32. The molecule has 1 rings (SSSR count). The molecule has 0 aliphatic carbocycles. The Bertz CT molecular complexity index is 209. The van der Waals surface area contributed by atoms with Gasteiger partial charge in [-0.1, -0.05) is 34.8 Å². The van der Waals surface area contributed by atoms with Crippen LogP contribution in [0.1, 0.15) is 12.8 Å². The van der Waals surface area contributed by atoms with Crippen LogP contribution in [-0.4, -0.2) is 35.0 Å². The molecule has 0 bridgehead atoms. The van der Waals surface area contributed by atoms with Crippen LogP contribution < -0.4 is 0 Å². The highest BCUT2D eigenvalue weighted by atomic mass is 35.6. The number of hydrogen-bond donors (Lipinski definition) is 0. The zero-order valence-electron chi connectivity index (χ0n) is 7.80. The Kier molecular flexibility index (Phi) is 4.16. The molecule has 1 amide bonds. The molecule has 0 radical (unpaired) electrons. The third-order valence-electron chi connectivity index (χ3n) is 2.39. The number of rotatable bonds is 0. The molecule has 0 aromatic carbocycles. The van der Waals surface area contributed by atoms with Crippen LogP contribution in [0.5, 0.6) is 0 Å². The van der Waals surface area contributed by atoms with E-state index in [4.69, 9.17) is 34.8 Å². The van der Waals surface area contributed by atoms with Gasteiger partial charge >= 0.3 is 6.09 Å². The lowest BCUT2D eigenvalue weighted by Gasteiger charge is -2.34. The Labute approximate surface area is 98.2 Å². The molecule has 1 heterocycles. The smallest absolute Gasteiger partial charge is 0.409 e. The third kappa shape index (κ3) is 3.07. The van der Waals surface area contributed by atoms with Gasteiger partial charge < -0.3 is 9.64 Å². The molecule has 1 fully saturated rings. The summed E-state index contributed by atoms with van der Waals surface area (Å²) in [5, 5.41) is 0. The monoisotopic (exact) mass is 259 g/mol. The van der Waals surface area contributed by atoms with Crippen LogP contribution in [-0.2, 0) is 4.74 Å². The number of methoxy groups -OCH3 is 1. The molecule has 1 aliphatic heterocycles. The standard InChI is InChI=1S/C8H12Cl3NO2/c1-14-7(13)12-4-2-6(3-5-12)8(9,10)11/h6H,2-5H2,1H3. The lowest BCUT2D eigenvalue weighted by Crippen LogP contribution is -2.41. The van der Waals surface area contributed by atoms with Crippen LogP contribution >= 0.6 is 34.8 Å². The summed E-state index contributed by atoms with van der Waals surface area (Å²) in [5.74, 6) is 0.0217. The lowest BCUT2D eigenvalue weighted by molar-refractivity contribution is 0.106. The van der Waals surface area contributed by atoms with Crippen LogP contribution in [0, 0.1) is 5.92 Å². The van der Waals surface area contributed by atoms with Gasteiger partial charge in [-0.25, -0.2) is 4.79 Å². The molecular weight excluding hydrogens is 248 g/mol. The second-order valence-corrected chi connectivity index (χ2v) is 5.64. The van der Waals surface area contributed by atoms with Gasteiger partial charge in [-0.05, 0) is 12.8 Å². The van der Waals surface area contributed by atoms with Crippen LogP contribution in [0.3, 0.4) is 0 Å². The Morgan fingerprint density at radius 2 is 1.86 bits per heavy atom. The topological polar surface area (TPSA) is 29.5 Å². The van der Waals surface area contributed by atoms with Crippen molar-refractivity contribution in [3.8, 4) is 0 Å². The molecule has 0 atom stereocenters. The van der Waals surface area contributed by atoms with Crippen molar-refractivity contribution in [3.05, 3.63) is 0 Å². The fourth-order valence-electron chi connectivity index (χ4n) is 1.52. The van der Waals surface area contributed by atoms with E-state index in [2.05, 4.69) is 4.74 Å². The summed E-state index contributed by atoms with van der Waals surface area (Å²) < 4.78 is 3.38. The predicted octanol–water partition coefficient (Wildman–Crippen LogP) is 2.84. The average Bonchev–Trinajstić information content (AvgIpc) is 2.15. The maximum Gasteiger partial charge on any atom is 0.409 e. The van der Waals surface area contributed by atoms with E-state index in [1.165, 1.54) is 7.11 Å². The number of piperidine rings is 1. The van der Waals surface area contributed by atoms with Crippen LogP contribution in [0.2, 0.25) is 0 Å². The predicted molar refractivity (Wildman–Crippen MR) is 57.0 cm³/mol. The second-order valence-electron chi connectivity index (χ2n) is 3.27. The summed E-state index contributed by atoms with van der Waals surface area (Å²) >= 11 is 17.3. The van der Waals surface area contributed by atoms with E-state index in [1.54, 1.807) is 4.90 Å². The van der Waals surface area contributed by atoms with E-state index in [1.807, 2.05) is 0 Å². The molecule has 0 aromatic heterocycles. The number of nitrogens with zero attached hydrogens (tertiary/aromatic N) is 1. The molecule has 0 spiro atoms. The number of likely N-dealkylation sites (tertiary alicyclic amines) is 1. The lowest BCUT2D eigenvalue weighted by atomic mass is 9.99. The van der Waals surface area contributed by atoms with Crippen LogP contribution in [0.15, 0.2) is 0 Å². The number of ether oxygens (including phenoxy) is 1. The molecular formula is C8H12Cl3NO2. The SMILES string of the molecule is COC(=O)N1CCC(C(Cl)(Cl)Cl)CC1. The number of alkyl halides is 3. The molecule has 0 N–H and O–H groups in total. The zero-order chi connectivity index (χ0) is 10.8. The van der Waals surface area contributed by atoms with Gasteiger partial charge in [0.15, 0.2) is 3.79 Å². The van der Waals surface area contributed by atoms with Gasteiger partial charge in [0.05, 0.1) is 7.11 Å². The molecule has 14 heavy (non-hydrogen) atoms. The number of halogens is 3. The van der Waals surface area contributed by atoms with E-state index in [9.17, 15) is 4.79 Å². The van der Waals surface area contributed by atoms with Crippen LogP contribution in [0.4, 0.5) is 4.79 Å². The van der Waals surface area contributed by atoms with Gasteiger partial charge in [0.25, 0.3) is 0 Å². The first-order valence-electron chi connectivity index (χ1n) is 4.34. The van der Waals surface area contributed by atoms with Crippen molar-refractivity contribution in [3.63, 3.8) is 0 Å². The Hall–Kier alpha value is 0.140. The first-order chi connectivity index (χ1) is 6.45. The van der Waals surface area contributed by atoms with Crippen molar-refractivity contribution in [2.24, 2.45) is 5.92 Å². The minimum Gasteiger partial charge on any atom is -0.453 e. The highest BCUT2D eigenvalue weighted by Gasteiger charge is 2.36. The van der Waals surface area contributed by atoms with Crippen molar-refractivity contribution in [2.45, 2.75) is 16.6 Å². The van der Waals surface area contributed by atoms with Crippen molar-refractivity contribution in [2.75, 3.05) is 20.2 Å². The molecule has 3 nitrogen and oxygen atoms in total. The fraction of sp³-hybridized carbons (Fsp3) is 0.875. The summed E-state index contributed by atoms with van der Waals surface area (Å²) in [5.41, 5.74) is 0. The highest BCUT2D eigenvalue weighted by molar-refractivity contribution is 6.67. The molecule has 1 aliphatic rings. The minimum atomic E-state index is -1.22. The van der Waals surface area contributed by atoms with E-state index >= 15 is 0 Å². The van der Waals surface area contributed by atoms with E-state index in [-0.39, 0.29) is 12.0 Å². The number of amides is 1. The summed E-state index contributed by atoms with van der Waals surface area (Å²) in [7, 11) is 1.36. The molecule has 82 valence electrons. The number of carbonyl (C=O) groups excluding carboxylic acids is 1. The van der Waals surface area contributed by atoms with Crippen LogP contribution in [0.25, 0.3) is 0 Å². The van der Waals surface area contributed by atoms with Crippen molar-refractivity contribution >= 4 is 40.9 Å². The maximum atomic E-state index is 11.1. The molecule has 6 heteroatoms. The second kappa shape index (κ2) is 4.77. The highest BCUT2D eigenvalue weighted by Crippen LogP contribution is 2.40. The molecule has 0 saturated carbocycles. The number of hydrogen-bond acceptors (Lipinski definition) is 2. The van der Waals surface area contributed by atoms with Crippen molar-refractivity contribution in [1.82, 2.24) is 4.90 Å². The summed E-state index contributed by atoms with van der Waals surface area (Å²) in [4.78, 5) is 12.7. The normalized spacial score (nSPS) is 19.6. The van der Waals surface area contributed by atoms with E-state index < -0.39 is 3.79 Å². The Balaban J connectivity index is 2.43. The van der Waals surface area contributed by atoms with Gasteiger partial charge in [0.2, 0.25) is 0 Å². The Morgan fingerprint density at radius 1 is 1.36 bits per heavy atom. The largest absolute Gasteiger partial charge is 0.453 e. The average molecular weight is 261 g/mol. The molecule has 0 unspecified atom stereocenters. The maximum absolute atomic E-state index is 11.1. The number of carbonyl (C=O) groups is 1. The quantitative estimate of drug-likeness (QED) is 0.627. The van der Waals surface area contributed by atoms with Gasteiger partial charge in [0.1, 0.15) is 0 Å². The summed E-state index contributed by atoms with van der Waals surface area (Å²) in [6, 6.07) is 0. The van der Waals surface area contributed by atoms with Gasteiger partial charge in [-0.15, -0.1) is 0 Å². The van der Waals surface area contributed by atoms with E-state index in [0.29, 0.717) is 25.9 Å². The zero-order valence-corrected chi connectivity index (χ0v) is 10.1. The first kappa shape index (κ1) is 12.2. The minimum absolute atomic E-state index is 0.0217. The first-order valence-corrected chi connectivity index (χ1v) is 5.48. The van der Waals surface area contributed by atoms with Gasteiger partial charge in [-0.2, -0.15) is 0 Å². The van der Waals surface area contributed by atoms with Crippen molar-refractivity contribution < 1.29 is 9.53 Å². The molecule has 1 saturated heterocycles. The summed E-state index contributed by atoms with van der Waals surface area (Å²) in [6.45, 7) is 1.18. The molecule has 0 aromatic rings. The van der Waals surface area contributed by atoms with E-state index in [0.717, 1.165) is 0 Å². The van der Waals surface area contributed by atoms with Gasteiger partial charge in [0, 0.05) is 19.0 Å².